The molecule has 1 atom stereocenters. The fraction of sp³-hybridized carbons (Fsp3) is 0.400. The number of nitrogens with one attached hydrogen (secondary N) is 2. The highest BCUT2D eigenvalue weighted by Gasteiger charge is 2.31. The zero-order valence-electron chi connectivity index (χ0n) is 19.0. The first-order valence-electron chi connectivity index (χ1n) is 11.3. The lowest BCUT2D eigenvalue weighted by Gasteiger charge is -2.31. The van der Waals surface area contributed by atoms with Gasteiger partial charge in [-0.05, 0) is 57.1 Å². The molecule has 1 unspecified atom stereocenters. The second-order valence-electron chi connectivity index (χ2n) is 9.40. The minimum Gasteiger partial charge on any atom is -0.345 e. The van der Waals surface area contributed by atoms with E-state index in [1.54, 1.807) is 0 Å². The zero-order valence-corrected chi connectivity index (χ0v) is 20.1. The van der Waals surface area contributed by atoms with Gasteiger partial charge in [-0.1, -0.05) is 39.1 Å². The van der Waals surface area contributed by atoms with Crippen molar-refractivity contribution in [1.29, 1.82) is 0 Å². The van der Waals surface area contributed by atoms with E-state index in [1.165, 1.54) is 11.1 Å². The van der Waals surface area contributed by atoms with Gasteiger partial charge in [0.15, 0.2) is 0 Å². The van der Waals surface area contributed by atoms with Gasteiger partial charge in [0.25, 0.3) is 0 Å². The predicted molar refractivity (Wildman–Crippen MR) is 132 cm³/mol. The molecule has 3 aromatic rings. The number of benzene rings is 1. The van der Waals surface area contributed by atoms with Crippen LogP contribution in [0.15, 0.2) is 48.4 Å². The molecule has 2 aliphatic rings. The van der Waals surface area contributed by atoms with Gasteiger partial charge >= 0.3 is 0 Å². The van der Waals surface area contributed by atoms with Gasteiger partial charge in [0.2, 0.25) is 0 Å². The number of hydrogen-bond donors (Lipinski definition) is 2. The molecule has 2 aromatic heterocycles. The van der Waals surface area contributed by atoms with E-state index in [1.807, 2.05) is 18.3 Å². The number of halogens is 1. The fourth-order valence-electron chi connectivity index (χ4n) is 4.95. The first-order valence-corrected chi connectivity index (χ1v) is 11.9. The van der Waals surface area contributed by atoms with Crippen LogP contribution < -0.4 is 11.0 Å². The van der Waals surface area contributed by atoms with Gasteiger partial charge in [0.05, 0.1) is 22.4 Å². The molecule has 3 heterocycles. The largest absolute Gasteiger partial charge is 0.345 e. The summed E-state index contributed by atoms with van der Waals surface area (Å²) in [5.41, 5.74) is 15.2. The molecule has 7 heteroatoms. The number of aryl methyl sites for hydroxylation is 1. The van der Waals surface area contributed by atoms with E-state index in [0.29, 0.717) is 18.8 Å². The Kier molecular flexibility index (Phi) is 5.47. The van der Waals surface area contributed by atoms with Crippen molar-refractivity contribution in [2.75, 3.05) is 7.05 Å². The number of fused-ring (bicyclic) bond motifs is 1. The third-order valence-electron chi connectivity index (χ3n) is 6.85. The summed E-state index contributed by atoms with van der Waals surface area (Å²) >= 11 is 0. The van der Waals surface area contributed by atoms with E-state index in [4.69, 9.17) is 4.98 Å². The number of hydrogen-bond acceptors (Lipinski definition) is 4. The predicted octanol–water partition coefficient (Wildman–Crippen LogP) is 5.39. The summed E-state index contributed by atoms with van der Waals surface area (Å²) in [4.78, 5) is 4.93. The van der Waals surface area contributed by atoms with Gasteiger partial charge < -0.3 is 9.99 Å². The second-order valence-corrected chi connectivity index (χ2v) is 10.4. The van der Waals surface area contributed by atoms with Crippen molar-refractivity contribution in [3.8, 4) is 11.1 Å². The van der Waals surface area contributed by atoms with E-state index >= 15 is 0 Å². The third kappa shape index (κ3) is 4.02. The minimum atomic E-state index is -1.09. The summed E-state index contributed by atoms with van der Waals surface area (Å²) in [6.07, 6.45) is 7.25. The Bertz CT molecular complexity index is 1170. The third-order valence-corrected chi connectivity index (χ3v) is 7.42. The van der Waals surface area contributed by atoms with Crippen LogP contribution in [0.5, 0.6) is 0 Å². The lowest BCUT2D eigenvalue weighted by atomic mass is 9.87. The van der Waals surface area contributed by atoms with Crippen molar-refractivity contribution < 1.29 is 4.39 Å². The molecule has 168 valence electrons. The van der Waals surface area contributed by atoms with E-state index in [0.717, 1.165) is 52.9 Å². The van der Waals surface area contributed by atoms with Crippen LogP contribution in [0.3, 0.4) is 0 Å². The Morgan fingerprint density at radius 1 is 1.16 bits per heavy atom. The van der Waals surface area contributed by atoms with Gasteiger partial charge in [-0.2, -0.15) is 0 Å². The Labute approximate surface area is 191 Å². The molecular weight excluding hydrogens is 420 g/mol. The molecule has 1 fully saturated rings. The standard InChI is InChI=1S/C25H31FN5P/c1-16-4-6-19(7-5-16)21-15-31(14-18-8-10-25(26,32)11-9-18)22-12-20(13-27-23(21)22)24-17(2)28-29-30(24)3/h4-7,12-13,15,18,28-29H,8-11,14,32H2,1-3H3. The summed E-state index contributed by atoms with van der Waals surface area (Å²) in [5, 5.41) is 0.890. The lowest BCUT2D eigenvalue weighted by Crippen LogP contribution is -2.34. The number of pyridine rings is 1. The Balaban J connectivity index is 1.58. The van der Waals surface area contributed by atoms with Crippen LogP contribution in [0.4, 0.5) is 4.39 Å². The molecule has 0 bridgehead atoms. The maximum Gasteiger partial charge on any atom is 0.123 e. The SMILES string of the molecule is CC1=C(c2cnc3c(-c4ccc(C)cc4)cn(CC4CCC(F)(P)CC4)c3c2)N(C)NN1. The van der Waals surface area contributed by atoms with Crippen LogP contribution in [0.25, 0.3) is 27.9 Å². The molecule has 5 rings (SSSR count). The number of allylic oxidation sites excluding steroid dienone is 1. The number of aromatic nitrogens is 2. The zero-order chi connectivity index (χ0) is 22.5. The Morgan fingerprint density at radius 3 is 2.53 bits per heavy atom. The van der Waals surface area contributed by atoms with Gasteiger partial charge in [0.1, 0.15) is 5.41 Å². The number of rotatable bonds is 4. The van der Waals surface area contributed by atoms with E-state index in [-0.39, 0.29) is 0 Å². The van der Waals surface area contributed by atoms with Gasteiger partial charge in [-0.3, -0.25) is 9.99 Å². The number of alkyl halides is 1. The molecule has 0 spiro atoms. The van der Waals surface area contributed by atoms with Crippen molar-refractivity contribution in [3.63, 3.8) is 0 Å². The Morgan fingerprint density at radius 2 is 1.88 bits per heavy atom. The van der Waals surface area contributed by atoms with E-state index in [2.05, 4.69) is 75.1 Å². The maximum absolute atomic E-state index is 14.3. The van der Waals surface area contributed by atoms with Gasteiger partial charge in [-0.15, -0.1) is 5.53 Å². The quantitative estimate of drug-likeness (QED) is 0.523. The van der Waals surface area contributed by atoms with Crippen LogP contribution in [0.2, 0.25) is 0 Å². The highest BCUT2D eigenvalue weighted by Crippen LogP contribution is 2.41. The van der Waals surface area contributed by atoms with Crippen molar-refractivity contribution >= 4 is 26.0 Å². The molecule has 5 nitrogen and oxygen atoms in total. The first kappa shape index (κ1) is 21.4. The van der Waals surface area contributed by atoms with E-state index in [9.17, 15) is 4.39 Å². The van der Waals surface area contributed by atoms with Crippen LogP contribution in [0, 0.1) is 12.8 Å². The van der Waals surface area contributed by atoms with E-state index < -0.39 is 5.41 Å². The van der Waals surface area contributed by atoms with Crippen LogP contribution in [-0.4, -0.2) is 27.0 Å². The molecule has 32 heavy (non-hydrogen) atoms. The van der Waals surface area contributed by atoms with Crippen LogP contribution >= 0.6 is 9.24 Å². The molecule has 0 saturated heterocycles. The van der Waals surface area contributed by atoms with Crippen LogP contribution in [-0.2, 0) is 6.54 Å². The molecular formula is C25H31FN5P. The number of hydrazine groups is 2. The summed E-state index contributed by atoms with van der Waals surface area (Å²) in [7, 11) is 4.40. The smallest absolute Gasteiger partial charge is 0.123 e. The molecule has 1 aliphatic carbocycles. The minimum absolute atomic E-state index is 0.475. The molecule has 1 aromatic carbocycles. The number of nitrogens with zero attached hydrogens (tertiary/aromatic N) is 3. The molecule has 1 aliphatic heterocycles. The average molecular weight is 452 g/mol. The first-order chi connectivity index (χ1) is 15.3. The average Bonchev–Trinajstić information content (AvgIpc) is 3.29. The molecule has 0 radical (unpaired) electrons. The molecule has 2 N–H and O–H groups in total. The summed E-state index contributed by atoms with van der Waals surface area (Å²) < 4.78 is 16.7. The topological polar surface area (TPSA) is 45.1 Å². The van der Waals surface area contributed by atoms with Crippen LogP contribution in [0.1, 0.15) is 43.7 Å². The van der Waals surface area contributed by atoms with Crippen molar-refractivity contribution in [2.24, 2.45) is 5.92 Å². The molecule has 1 saturated carbocycles. The highest BCUT2D eigenvalue weighted by molar-refractivity contribution is 7.18. The lowest BCUT2D eigenvalue weighted by molar-refractivity contribution is 0.165. The second kappa shape index (κ2) is 8.17. The summed E-state index contributed by atoms with van der Waals surface area (Å²) in [6.45, 7) is 5.05. The monoisotopic (exact) mass is 451 g/mol. The van der Waals surface area contributed by atoms with Crippen molar-refractivity contribution in [3.05, 3.63) is 59.5 Å². The van der Waals surface area contributed by atoms with Gasteiger partial charge in [-0.25, -0.2) is 4.39 Å². The Hall–Kier alpha value is -2.43. The molecule has 0 amide bonds. The van der Waals surface area contributed by atoms with Gasteiger partial charge in [0, 0.05) is 37.1 Å². The van der Waals surface area contributed by atoms with Crippen molar-refractivity contribution in [2.45, 2.75) is 51.5 Å². The fourth-order valence-corrected chi connectivity index (χ4v) is 5.29. The van der Waals surface area contributed by atoms with Crippen molar-refractivity contribution in [1.82, 2.24) is 25.5 Å². The normalized spacial score (nSPS) is 23.8. The summed E-state index contributed by atoms with van der Waals surface area (Å²) in [6, 6.07) is 10.9. The maximum atomic E-state index is 14.3. The summed E-state index contributed by atoms with van der Waals surface area (Å²) in [5.74, 6) is 0.475. The highest BCUT2D eigenvalue weighted by atomic mass is 31.0.